The van der Waals surface area contributed by atoms with Crippen LogP contribution in [0.5, 0.6) is 23.0 Å². The van der Waals surface area contributed by atoms with Crippen LogP contribution in [0.1, 0.15) is 10.4 Å². The van der Waals surface area contributed by atoms with Gasteiger partial charge < -0.3 is 19.5 Å². The van der Waals surface area contributed by atoms with Gasteiger partial charge >= 0.3 is 6.03 Å². The van der Waals surface area contributed by atoms with Gasteiger partial charge in [-0.3, -0.25) is 10.1 Å². The second-order valence-corrected chi connectivity index (χ2v) is 6.21. The van der Waals surface area contributed by atoms with Crippen molar-refractivity contribution in [3.8, 4) is 23.0 Å². The third-order valence-corrected chi connectivity index (χ3v) is 4.10. The number of amides is 3. The first kappa shape index (κ1) is 18.4. The zero-order chi connectivity index (χ0) is 20.1. The van der Waals surface area contributed by atoms with Crippen LogP contribution in [0.25, 0.3) is 0 Å². The molecule has 0 aromatic heterocycles. The van der Waals surface area contributed by atoms with Crippen molar-refractivity contribution in [1.82, 2.24) is 5.32 Å². The van der Waals surface area contributed by atoms with Gasteiger partial charge in [-0.2, -0.15) is 0 Å². The van der Waals surface area contributed by atoms with Crippen LogP contribution in [-0.2, 0) is 0 Å². The van der Waals surface area contributed by atoms with E-state index in [1.165, 1.54) is 0 Å². The molecule has 146 valence electrons. The van der Waals surface area contributed by atoms with Gasteiger partial charge in [0.25, 0.3) is 5.91 Å². The van der Waals surface area contributed by atoms with Crippen LogP contribution in [0.15, 0.2) is 72.8 Å². The Bertz CT molecular complexity index is 1040. The van der Waals surface area contributed by atoms with Crippen molar-refractivity contribution in [2.75, 3.05) is 18.5 Å². The predicted molar refractivity (Wildman–Crippen MR) is 107 cm³/mol. The highest BCUT2D eigenvalue weighted by Gasteiger charge is 2.16. The molecule has 29 heavy (non-hydrogen) atoms. The molecule has 0 atom stereocenters. The molecule has 0 unspecified atom stereocenters. The minimum absolute atomic E-state index is 0.297. The van der Waals surface area contributed by atoms with E-state index in [4.69, 9.17) is 14.2 Å². The van der Waals surface area contributed by atoms with Crippen molar-refractivity contribution in [3.05, 3.63) is 78.4 Å². The van der Waals surface area contributed by atoms with Crippen molar-refractivity contribution >= 4 is 17.6 Å². The standard InChI is InChI=1S/C22H18N2O5/c25-21(15-9-10-19-20(13-15)28-12-11-27-19)24-22(26)23-16-5-4-8-18(14-16)29-17-6-2-1-3-7-17/h1-10,13-14H,11-12H2,(H2,23,24,25,26). The largest absolute Gasteiger partial charge is 0.486 e. The van der Waals surface area contributed by atoms with Gasteiger partial charge in [0.15, 0.2) is 11.5 Å². The lowest BCUT2D eigenvalue weighted by molar-refractivity contribution is 0.0966. The van der Waals surface area contributed by atoms with Gasteiger partial charge in [-0.1, -0.05) is 24.3 Å². The summed E-state index contributed by atoms with van der Waals surface area (Å²) in [6.07, 6.45) is 0. The molecule has 0 radical (unpaired) electrons. The lowest BCUT2D eigenvalue weighted by Gasteiger charge is -2.18. The summed E-state index contributed by atoms with van der Waals surface area (Å²) in [6.45, 7) is 0.883. The fourth-order valence-corrected chi connectivity index (χ4v) is 2.78. The molecular formula is C22H18N2O5. The average molecular weight is 390 g/mol. The van der Waals surface area contributed by atoms with Crippen LogP contribution in [-0.4, -0.2) is 25.2 Å². The first-order valence-electron chi connectivity index (χ1n) is 9.02. The van der Waals surface area contributed by atoms with Crippen LogP contribution >= 0.6 is 0 Å². The average Bonchev–Trinajstić information content (AvgIpc) is 2.74. The van der Waals surface area contributed by atoms with Crippen LogP contribution in [0, 0.1) is 0 Å². The van der Waals surface area contributed by atoms with Crippen molar-refractivity contribution in [1.29, 1.82) is 0 Å². The number of carbonyl (C=O) groups is 2. The number of imide groups is 1. The second-order valence-electron chi connectivity index (χ2n) is 6.21. The molecule has 7 nitrogen and oxygen atoms in total. The lowest BCUT2D eigenvalue weighted by atomic mass is 10.2. The molecule has 0 saturated carbocycles. The maximum absolute atomic E-state index is 12.3. The summed E-state index contributed by atoms with van der Waals surface area (Å²) >= 11 is 0. The smallest absolute Gasteiger partial charge is 0.326 e. The fourth-order valence-electron chi connectivity index (χ4n) is 2.78. The zero-order valence-electron chi connectivity index (χ0n) is 15.4. The van der Waals surface area contributed by atoms with Gasteiger partial charge in [-0.25, -0.2) is 4.79 Å². The highest BCUT2D eigenvalue weighted by Crippen LogP contribution is 2.30. The second kappa shape index (κ2) is 8.35. The Morgan fingerprint density at radius 1 is 0.793 bits per heavy atom. The molecule has 0 saturated heterocycles. The van der Waals surface area contributed by atoms with Crippen molar-refractivity contribution in [2.24, 2.45) is 0 Å². The van der Waals surface area contributed by atoms with E-state index >= 15 is 0 Å². The molecule has 1 heterocycles. The zero-order valence-corrected chi connectivity index (χ0v) is 15.4. The van der Waals surface area contributed by atoms with E-state index in [2.05, 4.69) is 10.6 Å². The van der Waals surface area contributed by atoms with E-state index in [-0.39, 0.29) is 0 Å². The van der Waals surface area contributed by atoms with Gasteiger partial charge in [-0.05, 0) is 42.5 Å². The van der Waals surface area contributed by atoms with Crippen LogP contribution in [0.3, 0.4) is 0 Å². The molecule has 1 aliphatic heterocycles. The minimum atomic E-state index is -0.651. The third-order valence-electron chi connectivity index (χ3n) is 4.10. The van der Waals surface area contributed by atoms with Gasteiger partial charge in [0, 0.05) is 17.3 Å². The minimum Gasteiger partial charge on any atom is -0.486 e. The van der Waals surface area contributed by atoms with E-state index in [1.807, 2.05) is 30.3 Å². The summed E-state index contributed by atoms with van der Waals surface area (Å²) in [7, 11) is 0. The number of fused-ring (bicyclic) bond motifs is 1. The Balaban J connectivity index is 1.38. The van der Waals surface area contributed by atoms with E-state index in [0.29, 0.717) is 47.5 Å². The maximum Gasteiger partial charge on any atom is 0.326 e. The number of urea groups is 1. The normalized spacial score (nSPS) is 12.0. The maximum atomic E-state index is 12.3. The Hall–Kier alpha value is -4.00. The molecule has 1 aliphatic rings. The van der Waals surface area contributed by atoms with Crippen molar-refractivity contribution in [2.45, 2.75) is 0 Å². The molecule has 3 aromatic rings. The van der Waals surface area contributed by atoms with Crippen molar-refractivity contribution in [3.63, 3.8) is 0 Å². The molecule has 0 fully saturated rings. The number of para-hydroxylation sites is 1. The summed E-state index contributed by atoms with van der Waals surface area (Å²) in [4.78, 5) is 24.6. The number of hydrogen-bond donors (Lipinski definition) is 2. The number of carbonyl (C=O) groups excluding carboxylic acids is 2. The van der Waals surface area contributed by atoms with Crippen LogP contribution in [0.4, 0.5) is 10.5 Å². The summed E-state index contributed by atoms with van der Waals surface area (Å²) in [5.41, 5.74) is 0.788. The van der Waals surface area contributed by atoms with Gasteiger partial charge in [0.2, 0.25) is 0 Å². The third kappa shape index (κ3) is 4.65. The Kier molecular flexibility index (Phi) is 5.29. The number of nitrogens with one attached hydrogen (secondary N) is 2. The van der Waals surface area contributed by atoms with E-state index in [9.17, 15) is 9.59 Å². The molecule has 0 aliphatic carbocycles. The molecule has 3 amide bonds. The Morgan fingerprint density at radius 3 is 2.38 bits per heavy atom. The first-order valence-corrected chi connectivity index (χ1v) is 9.02. The predicted octanol–water partition coefficient (Wildman–Crippen LogP) is 4.21. The monoisotopic (exact) mass is 390 g/mol. The molecule has 7 heteroatoms. The van der Waals surface area contributed by atoms with Crippen LogP contribution in [0.2, 0.25) is 0 Å². The van der Waals surface area contributed by atoms with E-state index in [1.54, 1.807) is 42.5 Å². The number of rotatable bonds is 4. The van der Waals surface area contributed by atoms with E-state index in [0.717, 1.165) is 0 Å². The van der Waals surface area contributed by atoms with Gasteiger partial charge in [-0.15, -0.1) is 0 Å². The number of benzene rings is 3. The summed E-state index contributed by atoms with van der Waals surface area (Å²) in [5, 5.41) is 4.92. The molecule has 3 aromatic carbocycles. The first-order chi connectivity index (χ1) is 14.2. The molecular weight excluding hydrogens is 372 g/mol. The topological polar surface area (TPSA) is 85.9 Å². The summed E-state index contributed by atoms with van der Waals surface area (Å²) in [5.74, 6) is 1.76. The SMILES string of the molecule is O=C(NC(=O)c1ccc2c(c1)OCCO2)Nc1cccc(Oc2ccccc2)c1. The Labute approximate surface area is 167 Å². The highest BCUT2D eigenvalue weighted by molar-refractivity contribution is 6.08. The van der Waals surface area contributed by atoms with Gasteiger partial charge in [0.05, 0.1) is 0 Å². The molecule has 4 rings (SSSR count). The molecule has 0 spiro atoms. The van der Waals surface area contributed by atoms with E-state index < -0.39 is 11.9 Å². The number of ether oxygens (including phenoxy) is 3. The highest BCUT2D eigenvalue weighted by atomic mass is 16.6. The number of hydrogen-bond acceptors (Lipinski definition) is 5. The summed E-state index contributed by atoms with van der Waals surface area (Å²) in [6, 6.07) is 20.3. The molecule has 2 N–H and O–H groups in total. The number of anilines is 1. The quantitative estimate of drug-likeness (QED) is 0.697. The van der Waals surface area contributed by atoms with Gasteiger partial charge in [0.1, 0.15) is 24.7 Å². The van der Waals surface area contributed by atoms with Crippen molar-refractivity contribution < 1.29 is 23.8 Å². The summed E-state index contributed by atoms with van der Waals surface area (Å²) < 4.78 is 16.6. The fraction of sp³-hybridized carbons (Fsp3) is 0.0909. The Morgan fingerprint density at radius 2 is 1.55 bits per heavy atom. The van der Waals surface area contributed by atoms with Crippen LogP contribution < -0.4 is 24.8 Å². The molecule has 0 bridgehead atoms. The lowest BCUT2D eigenvalue weighted by Crippen LogP contribution is -2.34.